The fraction of sp³-hybridized carbons (Fsp3) is 0.600. The fourth-order valence-electron chi connectivity index (χ4n) is 3.74. The summed E-state index contributed by atoms with van der Waals surface area (Å²) in [5, 5.41) is 3.04. The largest absolute Gasteiger partial charge is 0.379 e. The molecule has 148 valence electrons. The van der Waals surface area contributed by atoms with Crippen LogP contribution in [-0.4, -0.2) is 79.6 Å². The molecule has 0 aromatic heterocycles. The van der Waals surface area contributed by atoms with E-state index < -0.39 is 0 Å². The highest BCUT2D eigenvalue weighted by Gasteiger charge is 2.30. The summed E-state index contributed by atoms with van der Waals surface area (Å²) >= 11 is 0. The van der Waals surface area contributed by atoms with Crippen molar-refractivity contribution in [3.63, 3.8) is 0 Å². The lowest BCUT2D eigenvalue weighted by Crippen LogP contribution is -2.37. The number of anilines is 1. The summed E-state index contributed by atoms with van der Waals surface area (Å²) in [5.74, 6) is 0.393. The molecule has 2 aliphatic heterocycles. The molecular formula is C20H30N4O3. The van der Waals surface area contributed by atoms with Crippen molar-refractivity contribution in [3.05, 3.63) is 29.8 Å². The van der Waals surface area contributed by atoms with Gasteiger partial charge in [0.15, 0.2) is 0 Å². The van der Waals surface area contributed by atoms with Crippen molar-refractivity contribution < 1.29 is 14.3 Å². The Labute approximate surface area is 161 Å². The van der Waals surface area contributed by atoms with Gasteiger partial charge in [0.2, 0.25) is 5.91 Å². The molecule has 7 heteroatoms. The van der Waals surface area contributed by atoms with Crippen LogP contribution in [0.3, 0.4) is 0 Å². The second-order valence-electron chi connectivity index (χ2n) is 7.36. The average Bonchev–Trinajstić information content (AvgIpc) is 3.03. The van der Waals surface area contributed by atoms with Crippen LogP contribution in [0.2, 0.25) is 0 Å². The number of likely N-dealkylation sites (tertiary alicyclic amines) is 1. The maximum atomic E-state index is 12.7. The lowest BCUT2D eigenvalue weighted by Gasteiger charge is -2.28. The third-order valence-electron chi connectivity index (χ3n) is 5.31. The van der Waals surface area contributed by atoms with E-state index in [-0.39, 0.29) is 17.9 Å². The lowest BCUT2D eigenvalue weighted by molar-refractivity contribution is -0.127. The van der Waals surface area contributed by atoms with Crippen LogP contribution in [0.5, 0.6) is 0 Å². The number of rotatable bonds is 6. The Morgan fingerprint density at radius 1 is 1.30 bits per heavy atom. The molecule has 0 saturated carbocycles. The maximum Gasteiger partial charge on any atom is 0.321 e. The Morgan fingerprint density at radius 2 is 2.04 bits per heavy atom. The van der Waals surface area contributed by atoms with Gasteiger partial charge >= 0.3 is 6.03 Å². The number of benzene rings is 1. The number of morpholine rings is 1. The Morgan fingerprint density at radius 3 is 2.74 bits per heavy atom. The predicted molar refractivity (Wildman–Crippen MR) is 105 cm³/mol. The van der Waals surface area contributed by atoms with Gasteiger partial charge in [-0.15, -0.1) is 0 Å². The van der Waals surface area contributed by atoms with Gasteiger partial charge in [0, 0.05) is 64.3 Å². The molecule has 3 rings (SSSR count). The highest BCUT2D eigenvalue weighted by atomic mass is 16.5. The van der Waals surface area contributed by atoms with E-state index in [0.717, 1.165) is 57.2 Å². The van der Waals surface area contributed by atoms with Crippen LogP contribution in [0.25, 0.3) is 0 Å². The van der Waals surface area contributed by atoms with Crippen molar-refractivity contribution in [1.82, 2.24) is 14.7 Å². The van der Waals surface area contributed by atoms with E-state index in [9.17, 15) is 9.59 Å². The fourth-order valence-corrected chi connectivity index (χ4v) is 3.74. The molecule has 2 heterocycles. The van der Waals surface area contributed by atoms with Gasteiger partial charge < -0.3 is 19.9 Å². The van der Waals surface area contributed by atoms with Crippen molar-refractivity contribution in [1.29, 1.82) is 0 Å². The van der Waals surface area contributed by atoms with E-state index in [1.165, 1.54) is 0 Å². The SMILES string of the molecule is CCN1C[C@H](CN(C)C(=O)Nc2ccccc2CN2CCOCC2)CC1=O. The number of hydrogen-bond donors (Lipinski definition) is 1. The molecule has 1 aromatic carbocycles. The minimum atomic E-state index is -0.133. The normalized spacial score (nSPS) is 20.7. The Hall–Kier alpha value is -2.12. The highest BCUT2D eigenvalue weighted by molar-refractivity contribution is 5.90. The van der Waals surface area contributed by atoms with E-state index >= 15 is 0 Å². The van der Waals surface area contributed by atoms with Crippen LogP contribution in [0, 0.1) is 5.92 Å². The quantitative estimate of drug-likeness (QED) is 0.825. The van der Waals surface area contributed by atoms with Crippen LogP contribution in [0.15, 0.2) is 24.3 Å². The van der Waals surface area contributed by atoms with Gasteiger partial charge in [-0.2, -0.15) is 0 Å². The molecule has 0 radical (unpaired) electrons. The van der Waals surface area contributed by atoms with E-state index in [4.69, 9.17) is 4.74 Å². The summed E-state index contributed by atoms with van der Waals surface area (Å²) in [6.45, 7) is 8.17. The van der Waals surface area contributed by atoms with Crippen molar-refractivity contribution in [3.8, 4) is 0 Å². The second-order valence-corrected chi connectivity index (χ2v) is 7.36. The standard InChI is InChI=1S/C20H30N4O3/c1-3-24-14-16(12-19(24)25)13-22(2)20(26)21-18-7-5-4-6-17(18)15-23-8-10-27-11-9-23/h4-7,16H,3,8-15H2,1-2H3,(H,21,26)/t16-/m0/s1. The molecule has 0 unspecified atom stereocenters. The molecule has 7 nitrogen and oxygen atoms in total. The third-order valence-corrected chi connectivity index (χ3v) is 5.31. The Bertz CT molecular complexity index is 660. The van der Waals surface area contributed by atoms with Gasteiger partial charge in [0.25, 0.3) is 0 Å². The zero-order chi connectivity index (χ0) is 19.2. The second kappa shape index (κ2) is 9.19. The summed E-state index contributed by atoms with van der Waals surface area (Å²) in [6.07, 6.45) is 0.527. The summed E-state index contributed by atoms with van der Waals surface area (Å²) in [7, 11) is 1.79. The first kappa shape index (κ1) is 19.6. The number of nitrogens with one attached hydrogen (secondary N) is 1. The minimum Gasteiger partial charge on any atom is -0.379 e. The molecule has 0 spiro atoms. The Balaban J connectivity index is 1.56. The maximum absolute atomic E-state index is 12.7. The van der Waals surface area contributed by atoms with E-state index in [0.29, 0.717) is 13.0 Å². The number of urea groups is 1. The molecule has 1 atom stereocenters. The first-order valence-corrected chi connectivity index (χ1v) is 9.74. The third kappa shape index (κ3) is 5.20. The summed E-state index contributed by atoms with van der Waals surface area (Å²) in [6, 6.07) is 7.80. The van der Waals surface area contributed by atoms with Gasteiger partial charge in [-0.1, -0.05) is 18.2 Å². The molecule has 2 fully saturated rings. The molecule has 1 N–H and O–H groups in total. The van der Waals surface area contributed by atoms with Gasteiger partial charge in [0.05, 0.1) is 13.2 Å². The Kier molecular flexibility index (Phi) is 6.68. The van der Waals surface area contributed by atoms with Crippen molar-refractivity contribution in [2.45, 2.75) is 19.9 Å². The number of para-hydroxylation sites is 1. The van der Waals surface area contributed by atoms with E-state index in [1.807, 2.05) is 30.0 Å². The highest BCUT2D eigenvalue weighted by Crippen LogP contribution is 2.20. The first-order chi connectivity index (χ1) is 13.1. The van der Waals surface area contributed by atoms with Crippen LogP contribution in [0.4, 0.5) is 10.5 Å². The van der Waals surface area contributed by atoms with Crippen LogP contribution in [-0.2, 0) is 16.1 Å². The summed E-state index contributed by atoms with van der Waals surface area (Å²) in [5.41, 5.74) is 1.95. The molecule has 0 aliphatic carbocycles. The predicted octanol–water partition coefficient (Wildman–Crippen LogP) is 1.85. The smallest absolute Gasteiger partial charge is 0.321 e. The van der Waals surface area contributed by atoms with Gasteiger partial charge in [-0.05, 0) is 18.6 Å². The number of carbonyl (C=O) groups is 2. The topological polar surface area (TPSA) is 65.1 Å². The van der Waals surface area contributed by atoms with E-state index in [1.54, 1.807) is 11.9 Å². The number of hydrogen-bond acceptors (Lipinski definition) is 4. The zero-order valence-electron chi connectivity index (χ0n) is 16.3. The molecule has 1 aromatic rings. The van der Waals surface area contributed by atoms with Gasteiger partial charge in [0.1, 0.15) is 0 Å². The van der Waals surface area contributed by atoms with Crippen LogP contribution < -0.4 is 5.32 Å². The summed E-state index contributed by atoms with van der Waals surface area (Å²) in [4.78, 5) is 30.4. The first-order valence-electron chi connectivity index (χ1n) is 9.74. The minimum absolute atomic E-state index is 0.133. The van der Waals surface area contributed by atoms with Gasteiger partial charge in [-0.3, -0.25) is 9.69 Å². The number of carbonyl (C=O) groups excluding carboxylic acids is 2. The van der Waals surface area contributed by atoms with E-state index in [2.05, 4.69) is 16.3 Å². The average molecular weight is 374 g/mol. The molecule has 2 saturated heterocycles. The molecule has 3 amide bonds. The van der Waals surface area contributed by atoms with Crippen LogP contribution in [0.1, 0.15) is 18.9 Å². The molecule has 2 aliphatic rings. The van der Waals surface area contributed by atoms with Crippen molar-refractivity contribution in [2.24, 2.45) is 5.92 Å². The van der Waals surface area contributed by atoms with Crippen molar-refractivity contribution >= 4 is 17.6 Å². The van der Waals surface area contributed by atoms with Crippen molar-refractivity contribution in [2.75, 3.05) is 58.3 Å². The lowest BCUT2D eigenvalue weighted by atomic mass is 10.1. The monoisotopic (exact) mass is 374 g/mol. The molecular weight excluding hydrogens is 344 g/mol. The van der Waals surface area contributed by atoms with Crippen LogP contribution >= 0.6 is 0 Å². The number of nitrogens with zero attached hydrogens (tertiary/aromatic N) is 3. The number of amides is 3. The zero-order valence-corrected chi connectivity index (χ0v) is 16.3. The summed E-state index contributed by atoms with van der Waals surface area (Å²) < 4.78 is 5.40. The molecule has 0 bridgehead atoms. The molecule has 27 heavy (non-hydrogen) atoms. The van der Waals surface area contributed by atoms with Gasteiger partial charge in [-0.25, -0.2) is 4.79 Å². The number of ether oxygens (including phenoxy) is 1.